The normalized spacial score (nSPS) is 17.9. The molecule has 1 aromatic rings. The molecule has 0 atom stereocenters. The van der Waals surface area contributed by atoms with Crippen LogP contribution in [0.1, 0.15) is 60.4 Å². The van der Waals surface area contributed by atoms with Crippen LogP contribution in [-0.2, 0) is 4.79 Å². The van der Waals surface area contributed by atoms with Gasteiger partial charge >= 0.3 is 0 Å². The molecule has 1 aliphatic carbocycles. The molecule has 6 heteroatoms. The fourth-order valence-electron chi connectivity index (χ4n) is 3.82. The van der Waals surface area contributed by atoms with Crippen LogP contribution in [0.15, 0.2) is 10.5 Å². The van der Waals surface area contributed by atoms with Crippen molar-refractivity contribution in [1.29, 1.82) is 0 Å². The summed E-state index contributed by atoms with van der Waals surface area (Å²) in [4.78, 5) is 28.5. The summed E-state index contributed by atoms with van der Waals surface area (Å²) < 4.78 is 5.49. The predicted molar refractivity (Wildman–Crippen MR) is 99.3 cm³/mol. The molecule has 2 aliphatic rings. The molecule has 0 aromatic carbocycles. The number of carbonyl (C=O) groups excluding carboxylic acids is 2. The second-order valence-corrected chi connectivity index (χ2v) is 7.72. The SMILES string of the molecule is Cc1cc(C(=O)N(CCC(=O)NCC[NH+]2CCCCC2)C2CC2)c(C)o1. The van der Waals surface area contributed by atoms with Crippen molar-refractivity contribution in [2.45, 2.75) is 58.4 Å². The lowest BCUT2D eigenvalue weighted by molar-refractivity contribution is -0.903. The molecule has 1 aromatic heterocycles. The van der Waals surface area contributed by atoms with Gasteiger partial charge in [0.25, 0.3) is 5.91 Å². The van der Waals surface area contributed by atoms with Crippen molar-refractivity contribution in [2.75, 3.05) is 32.7 Å². The van der Waals surface area contributed by atoms with Gasteiger partial charge in [0.05, 0.1) is 31.7 Å². The Morgan fingerprint density at radius 1 is 1.23 bits per heavy atom. The molecule has 0 unspecified atom stereocenters. The van der Waals surface area contributed by atoms with Gasteiger partial charge < -0.3 is 19.5 Å². The Morgan fingerprint density at radius 3 is 2.58 bits per heavy atom. The van der Waals surface area contributed by atoms with Crippen molar-refractivity contribution in [3.05, 3.63) is 23.2 Å². The first-order valence-electron chi connectivity index (χ1n) is 10.0. The van der Waals surface area contributed by atoms with Crippen LogP contribution in [-0.4, -0.2) is 55.5 Å². The standard InChI is InChI=1S/C20H31N3O3/c1-15-14-18(16(2)26-15)20(25)23(17-6-7-17)12-8-19(24)21-9-13-22-10-4-3-5-11-22/h14,17H,3-13H2,1-2H3,(H,21,24)/p+1. The van der Waals surface area contributed by atoms with Crippen LogP contribution >= 0.6 is 0 Å². The number of aryl methyl sites for hydroxylation is 2. The highest BCUT2D eigenvalue weighted by Crippen LogP contribution is 2.29. The number of piperidine rings is 1. The Labute approximate surface area is 155 Å². The van der Waals surface area contributed by atoms with Crippen LogP contribution in [0.25, 0.3) is 0 Å². The third-order valence-corrected chi connectivity index (χ3v) is 5.46. The van der Waals surface area contributed by atoms with Crippen LogP contribution in [0, 0.1) is 13.8 Å². The van der Waals surface area contributed by atoms with Gasteiger partial charge in [-0.05, 0) is 52.0 Å². The minimum Gasteiger partial charge on any atom is -0.466 e. The van der Waals surface area contributed by atoms with Crippen molar-refractivity contribution < 1.29 is 18.9 Å². The van der Waals surface area contributed by atoms with Gasteiger partial charge in [-0.15, -0.1) is 0 Å². The molecule has 1 saturated heterocycles. The molecule has 6 nitrogen and oxygen atoms in total. The summed E-state index contributed by atoms with van der Waals surface area (Å²) in [5.74, 6) is 1.44. The number of hydrogen-bond donors (Lipinski definition) is 2. The fourth-order valence-corrected chi connectivity index (χ4v) is 3.82. The summed E-state index contributed by atoms with van der Waals surface area (Å²) in [7, 11) is 0. The lowest BCUT2D eigenvalue weighted by Gasteiger charge is -2.24. The molecule has 2 amide bonds. The van der Waals surface area contributed by atoms with Crippen LogP contribution < -0.4 is 10.2 Å². The summed E-state index contributed by atoms with van der Waals surface area (Å²) in [6.07, 6.45) is 6.37. The zero-order valence-electron chi connectivity index (χ0n) is 16.1. The van der Waals surface area contributed by atoms with E-state index in [-0.39, 0.29) is 17.9 Å². The molecule has 1 aliphatic heterocycles. The summed E-state index contributed by atoms with van der Waals surface area (Å²) in [5.41, 5.74) is 0.628. The van der Waals surface area contributed by atoms with E-state index >= 15 is 0 Å². The lowest BCUT2D eigenvalue weighted by Crippen LogP contribution is -3.13. The van der Waals surface area contributed by atoms with Gasteiger partial charge in [0, 0.05) is 19.0 Å². The Balaban J connectivity index is 1.44. The molecular formula is C20H32N3O3+. The molecular weight excluding hydrogens is 330 g/mol. The number of quaternary nitrogens is 1. The van der Waals surface area contributed by atoms with E-state index < -0.39 is 0 Å². The zero-order chi connectivity index (χ0) is 18.5. The summed E-state index contributed by atoms with van der Waals surface area (Å²) in [6, 6.07) is 2.08. The van der Waals surface area contributed by atoms with Crippen molar-refractivity contribution in [3.63, 3.8) is 0 Å². The van der Waals surface area contributed by atoms with Gasteiger partial charge in [0.15, 0.2) is 0 Å². The van der Waals surface area contributed by atoms with Gasteiger partial charge in [-0.3, -0.25) is 9.59 Å². The van der Waals surface area contributed by atoms with E-state index in [4.69, 9.17) is 4.42 Å². The summed E-state index contributed by atoms with van der Waals surface area (Å²) >= 11 is 0. The largest absolute Gasteiger partial charge is 0.466 e. The molecule has 2 N–H and O–H groups in total. The lowest BCUT2D eigenvalue weighted by atomic mass is 10.1. The molecule has 2 heterocycles. The Kier molecular flexibility index (Phi) is 6.35. The van der Waals surface area contributed by atoms with Gasteiger partial charge in [0.2, 0.25) is 5.91 Å². The van der Waals surface area contributed by atoms with Gasteiger partial charge in [-0.2, -0.15) is 0 Å². The van der Waals surface area contributed by atoms with E-state index in [1.807, 2.05) is 18.7 Å². The average molecular weight is 362 g/mol. The van der Waals surface area contributed by atoms with Crippen molar-refractivity contribution in [1.82, 2.24) is 10.2 Å². The summed E-state index contributed by atoms with van der Waals surface area (Å²) in [6.45, 7) is 8.34. The molecule has 2 fully saturated rings. The van der Waals surface area contributed by atoms with E-state index in [1.54, 1.807) is 11.0 Å². The monoisotopic (exact) mass is 362 g/mol. The molecule has 0 bridgehead atoms. The number of nitrogens with one attached hydrogen (secondary N) is 2. The van der Waals surface area contributed by atoms with Crippen LogP contribution in [0.3, 0.4) is 0 Å². The topological polar surface area (TPSA) is 67.0 Å². The van der Waals surface area contributed by atoms with Crippen molar-refractivity contribution in [3.8, 4) is 0 Å². The molecule has 0 spiro atoms. The first kappa shape index (κ1) is 19.0. The van der Waals surface area contributed by atoms with Crippen molar-refractivity contribution >= 4 is 11.8 Å². The van der Waals surface area contributed by atoms with E-state index in [2.05, 4.69) is 5.32 Å². The zero-order valence-corrected chi connectivity index (χ0v) is 16.1. The minimum absolute atomic E-state index is 0.00703. The number of rotatable bonds is 8. The third-order valence-electron chi connectivity index (χ3n) is 5.46. The summed E-state index contributed by atoms with van der Waals surface area (Å²) in [5, 5.41) is 3.02. The maximum atomic E-state index is 12.8. The first-order valence-corrected chi connectivity index (χ1v) is 10.0. The number of likely N-dealkylation sites (tertiary alicyclic amines) is 1. The second kappa shape index (κ2) is 8.71. The quantitative estimate of drug-likeness (QED) is 0.727. The van der Waals surface area contributed by atoms with E-state index in [9.17, 15) is 9.59 Å². The maximum Gasteiger partial charge on any atom is 0.257 e. The second-order valence-electron chi connectivity index (χ2n) is 7.72. The highest BCUT2D eigenvalue weighted by Gasteiger charge is 2.34. The van der Waals surface area contributed by atoms with Crippen LogP contribution in [0.2, 0.25) is 0 Å². The predicted octanol–water partition coefficient (Wildman–Crippen LogP) is 1.08. The number of amides is 2. The average Bonchev–Trinajstić information content (AvgIpc) is 3.40. The number of furan rings is 1. The van der Waals surface area contributed by atoms with Gasteiger partial charge in [-0.25, -0.2) is 0 Å². The first-order chi connectivity index (χ1) is 12.5. The third kappa shape index (κ3) is 5.10. The van der Waals surface area contributed by atoms with Crippen LogP contribution in [0.4, 0.5) is 0 Å². The smallest absolute Gasteiger partial charge is 0.257 e. The molecule has 1 saturated carbocycles. The van der Waals surface area contributed by atoms with E-state index in [0.29, 0.717) is 24.3 Å². The van der Waals surface area contributed by atoms with Crippen molar-refractivity contribution in [2.24, 2.45) is 0 Å². The highest BCUT2D eigenvalue weighted by atomic mass is 16.3. The van der Waals surface area contributed by atoms with Gasteiger partial charge in [-0.1, -0.05) is 0 Å². The molecule has 26 heavy (non-hydrogen) atoms. The number of carbonyl (C=O) groups is 2. The number of nitrogens with zero attached hydrogens (tertiary/aromatic N) is 1. The molecule has 3 rings (SSSR count). The van der Waals surface area contributed by atoms with Gasteiger partial charge in [0.1, 0.15) is 11.5 Å². The molecule has 144 valence electrons. The highest BCUT2D eigenvalue weighted by molar-refractivity contribution is 5.96. The molecule has 0 radical (unpaired) electrons. The number of hydrogen-bond acceptors (Lipinski definition) is 3. The van der Waals surface area contributed by atoms with E-state index in [0.717, 1.165) is 31.7 Å². The van der Waals surface area contributed by atoms with Crippen LogP contribution in [0.5, 0.6) is 0 Å². The Hall–Kier alpha value is -1.82. The van der Waals surface area contributed by atoms with E-state index in [1.165, 1.54) is 32.4 Å². The Bertz CT molecular complexity index is 630. The fraction of sp³-hybridized carbons (Fsp3) is 0.700. The minimum atomic E-state index is -0.00703. The maximum absolute atomic E-state index is 12.8. The Morgan fingerprint density at radius 2 is 1.96 bits per heavy atom.